The van der Waals surface area contributed by atoms with Gasteiger partial charge in [-0.25, -0.2) is 0 Å². The van der Waals surface area contributed by atoms with Crippen LogP contribution in [0.3, 0.4) is 0 Å². The summed E-state index contributed by atoms with van der Waals surface area (Å²) >= 11 is 0. The smallest absolute Gasteiger partial charge is 0.303 e. The molecule has 1 N–H and O–H groups in total. The van der Waals surface area contributed by atoms with Crippen LogP contribution in [0.5, 0.6) is 0 Å². The van der Waals surface area contributed by atoms with Crippen molar-refractivity contribution in [3.8, 4) is 0 Å². The van der Waals surface area contributed by atoms with E-state index in [1.165, 1.54) is 12.8 Å². The lowest BCUT2D eigenvalue weighted by atomic mass is 9.79. The Bertz CT molecular complexity index is 436. The Hall–Kier alpha value is -1.39. The highest BCUT2D eigenvalue weighted by molar-refractivity contribution is 5.67. The molecule has 112 valence electrons. The van der Waals surface area contributed by atoms with Crippen molar-refractivity contribution >= 4 is 5.97 Å². The van der Waals surface area contributed by atoms with Crippen LogP contribution in [-0.4, -0.2) is 21.3 Å². The van der Waals surface area contributed by atoms with Crippen molar-refractivity contribution in [2.45, 2.75) is 71.1 Å². The molecule has 5 nitrogen and oxygen atoms in total. The maximum Gasteiger partial charge on any atom is 0.303 e. The lowest BCUT2D eigenvalue weighted by Crippen LogP contribution is -2.23. The zero-order valence-corrected chi connectivity index (χ0v) is 12.2. The van der Waals surface area contributed by atoms with Crippen molar-refractivity contribution < 1.29 is 14.3 Å². The molecular formula is C15H24N2O3. The van der Waals surface area contributed by atoms with Crippen LogP contribution in [0.15, 0.2) is 4.42 Å². The van der Waals surface area contributed by atoms with Crippen LogP contribution in [0.1, 0.15) is 70.1 Å². The second kappa shape index (κ2) is 6.86. The minimum atomic E-state index is -0.727. The first-order valence-corrected chi connectivity index (χ1v) is 7.67. The van der Waals surface area contributed by atoms with Crippen molar-refractivity contribution in [1.29, 1.82) is 0 Å². The van der Waals surface area contributed by atoms with E-state index in [4.69, 9.17) is 9.52 Å². The molecule has 1 aromatic rings. The Morgan fingerprint density at radius 2 is 1.95 bits per heavy atom. The van der Waals surface area contributed by atoms with Gasteiger partial charge in [0.25, 0.3) is 0 Å². The van der Waals surface area contributed by atoms with Crippen LogP contribution in [0.2, 0.25) is 0 Å². The molecule has 0 aliphatic heterocycles. The topological polar surface area (TPSA) is 76.2 Å². The third-order valence-electron chi connectivity index (χ3n) is 4.22. The number of aryl methyl sites for hydroxylation is 1. The molecule has 20 heavy (non-hydrogen) atoms. The molecule has 1 heterocycles. The minimum absolute atomic E-state index is 0.168. The minimum Gasteiger partial charge on any atom is -0.481 e. The number of carbonyl (C=O) groups is 1. The number of carboxylic acids is 1. The monoisotopic (exact) mass is 280 g/mol. The van der Waals surface area contributed by atoms with E-state index in [0.29, 0.717) is 18.2 Å². The molecule has 0 amide bonds. The SMILES string of the molecule is CCCCCc1nnc(CC2(CC(=O)O)CCCC2)o1. The molecule has 0 radical (unpaired) electrons. The molecule has 0 atom stereocenters. The average molecular weight is 280 g/mol. The second-order valence-corrected chi connectivity index (χ2v) is 6.00. The van der Waals surface area contributed by atoms with Gasteiger partial charge in [-0.2, -0.15) is 0 Å². The van der Waals surface area contributed by atoms with Crippen molar-refractivity contribution in [3.05, 3.63) is 11.8 Å². The van der Waals surface area contributed by atoms with Gasteiger partial charge in [0.1, 0.15) is 0 Å². The number of nitrogens with zero attached hydrogens (tertiary/aromatic N) is 2. The molecular weight excluding hydrogens is 256 g/mol. The van der Waals surface area contributed by atoms with Gasteiger partial charge in [0.05, 0.1) is 6.42 Å². The largest absolute Gasteiger partial charge is 0.481 e. The molecule has 1 aliphatic rings. The van der Waals surface area contributed by atoms with Crippen LogP contribution < -0.4 is 0 Å². The number of unbranched alkanes of at least 4 members (excludes halogenated alkanes) is 2. The third-order valence-corrected chi connectivity index (χ3v) is 4.22. The fraction of sp³-hybridized carbons (Fsp3) is 0.800. The van der Waals surface area contributed by atoms with Crippen LogP contribution in [0.25, 0.3) is 0 Å². The van der Waals surface area contributed by atoms with Crippen molar-refractivity contribution in [3.63, 3.8) is 0 Å². The number of hydrogen-bond acceptors (Lipinski definition) is 4. The molecule has 1 aliphatic carbocycles. The first kappa shape index (κ1) is 15.0. The van der Waals surface area contributed by atoms with Crippen LogP contribution in [-0.2, 0) is 17.6 Å². The van der Waals surface area contributed by atoms with Crippen LogP contribution >= 0.6 is 0 Å². The van der Waals surface area contributed by atoms with Gasteiger partial charge in [-0.1, -0.05) is 32.6 Å². The zero-order valence-electron chi connectivity index (χ0n) is 12.2. The molecule has 0 bridgehead atoms. The van der Waals surface area contributed by atoms with E-state index < -0.39 is 5.97 Å². The summed E-state index contributed by atoms with van der Waals surface area (Å²) in [6, 6.07) is 0. The van der Waals surface area contributed by atoms with Crippen molar-refractivity contribution in [2.75, 3.05) is 0 Å². The summed E-state index contributed by atoms with van der Waals surface area (Å²) in [7, 11) is 0. The van der Waals surface area contributed by atoms with E-state index >= 15 is 0 Å². The van der Waals surface area contributed by atoms with Gasteiger partial charge in [-0.3, -0.25) is 4.79 Å². The number of aromatic nitrogens is 2. The molecule has 1 aromatic heterocycles. The quantitative estimate of drug-likeness (QED) is 0.739. The summed E-state index contributed by atoms with van der Waals surface area (Å²) in [6.07, 6.45) is 9.16. The number of hydrogen-bond donors (Lipinski definition) is 1. The Labute approximate surface area is 119 Å². The van der Waals surface area contributed by atoms with Gasteiger partial charge in [0.15, 0.2) is 0 Å². The van der Waals surface area contributed by atoms with Crippen LogP contribution in [0.4, 0.5) is 0 Å². The number of aliphatic carboxylic acids is 1. The van der Waals surface area contributed by atoms with Gasteiger partial charge in [-0.15, -0.1) is 10.2 Å². The predicted molar refractivity (Wildman–Crippen MR) is 74.4 cm³/mol. The number of rotatable bonds is 8. The van der Waals surface area contributed by atoms with Gasteiger partial charge in [0, 0.05) is 12.8 Å². The molecule has 2 rings (SSSR count). The maximum absolute atomic E-state index is 11.1. The summed E-state index contributed by atoms with van der Waals surface area (Å²) < 4.78 is 5.68. The molecule has 0 saturated heterocycles. The van der Waals surface area contributed by atoms with E-state index in [2.05, 4.69) is 17.1 Å². The standard InChI is InChI=1S/C15H24N2O3/c1-2-3-4-7-12-16-17-13(20-12)10-15(11-14(18)19)8-5-6-9-15/h2-11H2,1H3,(H,18,19). The van der Waals surface area contributed by atoms with Gasteiger partial charge < -0.3 is 9.52 Å². The summed E-state index contributed by atoms with van der Waals surface area (Å²) in [5.41, 5.74) is -0.168. The van der Waals surface area contributed by atoms with Crippen molar-refractivity contribution in [1.82, 2.24) is 10.2 Å². The number of carboxylic acid groups (broad SMARTS) is 1. The fourth-order valence-corrected chi connectivity index (χ4v) is 3.17. The molecule has 1 fully saturated rings. The van der Waals surface area contributed by atoms with E-state index in [-0.39, 0.29) is 11.8 Å². The molecule has 0 unspecified atom stereocenters. The second-order valence-electron chi connectivity index (χ2n) is 6.00. The summed E-state index contributed by atoms with van der Waals surface area (Å²) in [5.74, 6) is 0.575. The molecule has 0 spiro atoms. The Morgan fingerprint density at radius 1 is 1.25 bits per heavy atom. The molecule has 0 aromatic carbocycles. The summed E-state index contributed by atoms with van der Waals surface area (Å²) in [5, 5.41) is 17.3. The Morgan fingerprint density at radius 3 is 2.60 bits per heavy atom. The predicted octanol–water partition coefficient (Wildman–Crippen LogP) is 3.38. The summed E-state index contributed by atoms with van der Waals surface area (Å²) in [6.45, 7) is 2.16. The highest BCUT2D eigenvalue weighted by Gasteiger charge is 2.37. The zero-order chi connectivity index (χ0) is 14.4. The van der Waals surface area contributed by atoms with E-state index in [0.717, 1.165) is 38.5 Å². The molecule has 1 saturated carbocycles. The fourth-order valence-electron chi connectivity index (χ4n) is 3.17. The highest BCUT2D eigenvalue weighted by Crippen LogP contribution is 2.43. The highest BCUT2D eigenvalue weighted by atomic mass is 16.4. The van der Waals surface area contributed by atoms with Crippen molar-refractivity contribution in [2.24, 2.45) is 5.41 Å². The maximum atomic E-state index is 11.1. The average Bonchev–Trinajstić information content (AvgIpc) is 3.00. The lowest BCUT2D eigenvalue weighted by molar-refractivity contribution is -0.139. The van der Waals surface area contributed by atoms with Crippen LogP contribution in [0, 0.1) is 5.41 Å². The lowest BCUT2D eigenvalue weighted by Gasteiger charge is -2.24. The van der Waals surface area contributed by atoms with E-state index in [1.54, 1.807) is 0 Å². The molecule has 5 heteroatoms. The Kier molecular flexibility index (Phi) is 5.15. The van der Waals surface area contributed by atoms with Gasteiger partial charge in [0.2, 0.25) is 11.8 Å². The first-order chi connectivity index (χ1) is 9.63. The Balaban J connectivity index is 1.95. The first-order valence-electron chi connectivity index (χ1n) is 7.67. The third kappa shape index (κ3) is 4.05. The summed E-state index contributed by atoms with van der Waals surface area (Å²) in [4.78, 5) is 11.1. The van der Waals surface area contributed by atoms with Gasteiger partial charge in [-0.05, 0) is 24.7 Å². The van der Waals surface area contributed by atoms with Gasteiger partial charge >= 0.3 is 5.97 Å². The van der Waals surface area contributed by atoms with E-state index in [9.17, 15) is 4.79 Å². The van der Waals surface area contributed by atoms with E-state index in [1.807, 2.05) is 0 Å². The normalized spacial score (nSPS) is 17.4.